The van der Waals surface area contributed by atoms with Gasteiger partial charge in [-0.3, -0.25) is 14.2 Å². The van der Waals surface area contributed by atoms with E-state index in [1.54, 1.807) is 11.1 Å². The van der Waals surface area contributed by atoms with Gasteiger partial charge in [0.15, 0.2) is 5.69 Å². The highest BCUT2D eigenvalue weighted by Gasteiger charge is 2.33. The van der Waals surface area contributed by atoms with E-state index in [2.05, 4.69) is 10.2 Å². The smallest absolute Gasteiger partial charge is 0.275 e. The van der Waals surface area contributed by atoms with Crippen molar-refractivity contribution in [1.29, 1.82) is 0 Å². The molecule has 0 saturated heterocycles. The van der Waals surface area contributed by atoms with Gasteiger partial charge in [0.1, 0.15) is 0 Å². The van der Waals surface area contributed by atoms with Crippen LogP contribution in [-0.2, 0) is 30.8 Å². The Morgan fingerprint density at radius 2 is 2.07 bits per heavy atom. The van der Waals surface area contributed by atoms with E-state index >= 15 is 0 Å². The summed E-state index contributed by atoms with van der Waals surface area (Å²) in [4.78, 5) is 15.0. The van der Waals surface area contributed by atoms with Gasteiger partial charge in [-0.1, -0.05) is 0 Å². The van der Waals surface area contributed by atoms with E-state index in [4.69, 9.17) is 4.74 Å². The van der Waals surface area contributed by atoms with Gasteiger partial charge in [-0.2, -0.15) is 10.2 Å². The minimum atomic E-state index is -0.155. The summed E-state index contributed by atoms with van der Waals surface area (Å²) in [7, 11) is 0. The fraction of sp³-hybridized carbons (Fsp3) is 0.632. The lowest BCUT2D eigenvalue weighted by Gasteiger charge is -2.27. The number of amides is 1. The Morgan fingerprint density at radius 3 is 2.74 bits per heavy atom. The summed E-state index contributed by atoms with van der Waals surface area (Å²) in [6, 6.07) is 1.90. The number of aryl methyl sites for hydroxylation is 2. The fourth-order valence-corrected chi connectivity index (χ4v) is 3.83. The van der Waals surface area contributed by atoms with Crippen molar-refractivity contribution in [1.82, 2.24) is 24.5 Å². The Hall–Kier alpha value is -2.19. The molecule has 2 atom stereocenters. The maximum Gasteiger partial charge on any atom is 0.275 e. The molecule has 0 unspecified atom stereocenters. The van der Waals surface area contributed by atoms with Gasteiger partial charge < -0.3 is 14.7 Å². The Kier molecular flexibility index (Phi) is 5.96. The van der Waals surface area contributed by atoms with Crippen LogP contribution in [-0.4, -0.2) is 54.7 Å². The molecule has 1 aliphatic rings. The van der Waals surface area contributed by atoms with Crippen molar-refractivity contribution in [2.75, 3.05) is 13.2 Å². The normalized spacial score (nSPS) is 19.1. The van der Waals surface area contributed by atoms with Crippen LogP contribution >= 0.6 is 0 Å². The third-order valence-corrected chi connectivity index (χ3v) is 5.02. The number of carbonyl (C=O) groups excluding carboxylic acids is 1. The van der Waals surface area contributed by atoms with Crippen molar-refractivity contribution in [3.8, 4) is 0 Å². The molecule has 2 aromatic rings. The lowest BCUT2D eigenvalue weighted by molar-refractivity contribution is -0.00953. The molecular formula is C19H29N5O3. The van der Waals surface area contributed by atoms with Crippen molar-refractivity contribution in [3.63, 3.8) is 0 Å². The maximum atomic E-state index is 13.3. The predicted molar refractivity (Wildman–Crippen MR) is 100 cm³/mol. The SMILES string of the molecule is CCn1nccc1CN(CCO)C(=O)c1nn(CC)c2c1C[C@H](C)O[C@@H]2C. The Balaban J connectivity index is 1.95. The first-order chi connectivity index (χ1) is 13.0. The molecule has 8 heteroatoms. The van der Waals surface area contributed by atoms with Gasteiger partial charge in [0, 0.05) is 37.8 Å². The van der Waals surface area contributed by atoms with Gasteiger partial charge in [-0.15, -0.1) is 0 Å². The van der Waals surface area contributed by atoms with E-state index in [0.29, 0.717) is 25.2 Å². The van der Waals surface area contributed by atoms with E-state index in [1.807, 2.05) is 43.1 Å². The topological polar surface area (TPSA) is 85.4 Å². The number of aromatic nitrogens is 4. The highest BCUT2D eigenvalue weighted by molar-refractivity contribution is 5.94. The second kappa shape index (κ2) is 8.22. The molecule has 1 aliphatic heterocycles. The zero-order valence-corrected chi connectivity index (χ0v) is 16.6. The van der Waals surface area contributed by atoms with Crippen molar-refractivity contribution >= 4 is 5.91 Å². The average Bonchev–Trinajstić information content (AvgIpc) is 3.24. The highest BCUT2D eigenvalue weighted by Crippen LogP contribution is 2.32. The van der Waals surface area contributed by atoms with Crippen LogP contribution < -0.4 is 0 Å². The van der Waals surface area contributed by atoms with Gasteiger partial charge in [0.05, 0.1) is 36.7 Å². The summed E-state index contributed by atoms with van der Waals surface area (Å²) >= 11 is 0. The van der Waals surface area contributed by atoms with Crippen LogP contribution in [0, 0.1) is 0 Å². The Bertz CT molecular complexity index is 797. The first kappa shape index (κ1) is 19.6. The number of ether oxygens (including phenoxy) is 1. The molecule has 0 saturated carbocycles. The Labute approximate surface area is 159 Å². The summed E-state index contributed by atoms with van der Waals surface area (Å²) in [5, 5.41) is 18.4. The number of carbonyl (C=O) groups is 1. The molecule has 0 spiro atoms. The fourth-order valence-electron chi connectivity index (χ4n) is 3.83. The van der Waals surface area contributed by atoms with Gasteiger partial charge in [0.25, 0.3) is 5.91 Å². The number of hydrogen-bond acceptors (Lipinski definition) is 5. The van der Waals surface area contributed by atoms with Crippen LogP contribution in [0.1, 0.15) is 61.2 Å². The number of rotatable bonds is 7. The molecular weight excluding hydrogens is 346 g/mol. The molecule has 3 rings (SSSR count). The van der Waals surface area contributed by atoms with Gasteiger partial charge >= 0.3 is 0 Å². The molecule has 148 valence electrons. The third-order valence-electron chi connectivity index (χ3n) is 5.02. The first-order valence-corrected chi connectivity index (χ1v) is 9.65. The van der Waals surface area contributed by atoms with E-state index in [-0.39, 0.29) is 31.3 Å². The van der Waals surface area contributed by atoms with Crippen LogP contribution in [0.2, 0.25) is 0 Å². The van der Waals surface area contributed by atoms with E-state index in [1.165, 1.54) is 0 Å². The molecule has 0 fully saturated rings. The average molecular weight is 375 g/mol. The second-order valence-electron chi connectivity index (χ2n) is 6.91. The summed E-state index contributed by atoms with van der Waals surface area (Å²) in [5.41, 5.74) is 3.37. The molecule has 8 nitrogen and oxygen atoms in total. The zero-order chi connectivity index (χ0) is 19.6. The lowest BCUT2D eigenvalue weighted by atomic mass is 9.99. The molecule has 0 aromatic carbocycles. The summed E-state index contributed by atoms with van der Waals surface area (Å²) in [6.07, 6.45) is 2.35. The minimum absolute atomic E-state index is 0.0429. The van der Waals surface area contributed by atoms with Gasteiger partial charge in [-0.25, -0.2) is 0 Å². The third kappa shape index (κ3) is 3.77. The van der Waals surface area contributed by atoms with Gasteiger partial charge in [-0.05, 0) is 33.8 Å². The highest BCUT2D eigenvalue weighted by atomic mass is 16.5. The molecule has 2 aromatic heterocycles. The molecule has 1 N–H and O–H groups in total. The number of nitrogens with zero attached hydrogens (tertiary/aromatic N) is 5. The standard InChI is InChI=1S/C19H29N5O3/c1-5-23-15(7-8-20-23)12-22(9-10-25)19(26)17-16-11-13(3)27-14(4)18(16)24(6-2)21-17/h7-8,13-14,25H,5-6,9-12H2,1-4H3/t13-,14+/m0/s1. The van der Waals surface area contributed by atoms with Crippen LogP contribution in [0.4, 0.5) is 0 Å². The first-order valence-electron chi connectivity index (χ1n) is 9.65. The quantitative estimate of drug-likeness (QED) is 0.797. The van der Waals surface area contributed by atoms with Crippen molar-refractivity contribution < 1.29 is 14.6 Å². The molecule has 1 amide bonds. The van der Waals surface area contributed by atoms with Crippen LogP contribution in [0.15, 0.2) is 12.3 Å². The van der Waals surface area contributed by atoms with Crippen LogP contribution in [0.3, 0.4) is 0 Å². The van der Waals surface area contributed by atoms with Crippen molar-refractivity contribution in [2.24, 2.45) is 0 Å². The van der Waals surface area contributed by atoms with E-state index in [0.717, 1.165) is 23.5 Å². The number of fused-ring (bicyclic) bond motifs is 1. The van der Waals surface area contributed by atoms with E-state index in [9.17, 15) is 9.90 Å². The number of aliphatic hydroxyl groups is 1. The summed E-state index contributed by atoms with van der Waals surface area (Å²) < 4.78 is 9.66. The number of aliphatic hydroxyl groups excluding tert-OH is 1. The van der Waals surface area contributed by atoms with Crippen molar-refractivity contribution in [2.45, 2.75) is 66.0 Å². The van der Waals surface area contributed by atoms with Gasteiger partial charge in [0.2, 0.25) is 0 Å². The molecule has 0 radical (unpaired) electrons. The minimum Gasteiger partial charge on any atom is -0.395 e. The molecule has 0 aliphatic carbocycles. The van der Waals surface area contributed by atoms with Crippen molar-refractivity contribution in [3.05, 3.63) is 34.9 Å². The largest absolute Gasteiger partial charge is 0.395 e. The molecule has 0 bridgehead atoms. The number of hydrogen-bond donors (Lipinski definition) is 1. The van der Waals surface area contributed by atoms with Crippen LogP contribution in [0.25, 0.3) is 0 Å². The van der Waals surface area contributed by atoms with Crippen LogP contribution in [0.5, 0.6) is 0 Å². The monoisotopic (exact) mass is 375 g/mol. The second-order valence-corrected chi connectivity index (χ2v) is 6.91. The summed E-state index contributed by atoms with van der Waals surface area (Å²) in [5.74, 6) is -0.155. The summed E-state index contributed by atoms with van der Waals surface area (Å²) in [6.45, 7) is 10.00. The zero-order valence-electron chi connectivity index (χ0n) is 16.6. The lowest BCUT2D eigenvalue weighted by Crippen LogP contribution is -2.35. The maximum absolute atomic E-state index is 13.3. The predicted octanol–water partition coefficient (Wildman–Crippen LogP) is 1.78. The van der Waals surface area contributed by atoms with E-state index < -0.39 is 0 Å². The molecule has 3 heterocycles. The Morgan fingerprint density at radius 1 is 1.33 bits per heavy atom. The molecule has 27 heavy (non-hydrogen) atoms.